The van der Waals surface area contributed by atoms with Gasteiger partial charge in [0.2, 0.25) is 0 Å². The molecule has 1 rings (SSSR count). The van der Waals surface area contributed by atoms with Gasteiger partial charge in [0.1, 0.15) is 0 Å². The maximum atomic E-state index is 3.79. The molecule has 0 aromatic heterocycles. The Morgan fingerprint density at radius 2 is 1.79 bits per heavy atom. The van der Waals surface area contributed by atoms with E-state index in [1.807, 2.05) is 6.08 Å². The average Bonchev–Trinajstić information content (AvgIpc) is 2.19. The fourth-order valence-electron chi connectivity index (χ4n) is 1.68. The Bertz CT molecular complexity index is 261. The Morgan fingerprint density at radius 1 is 1.14 bits per heavy atom. The van der Waals surface area contributed by atoms with Crippen LogP contribution in [0.1, 0.15) is 25.8 Å². The van der Waals surface area contributed by atoms with Crippen LogP contribution in [0, 0.1) is 11.8 Å². The summed E-state index contributed by atoms with van der Waals surface area (Å²) in [6.07, 6.45) is 4.32. The number of allylic oxidation sites excluding steroid dienone is 1. The first-order valence-corrected chi connectivity index (χ1v) is 5.39. The minimum Gasteiger partial charge on any atom is -0.103 e. The van der Waals surface area contributed by atoms with Gasteiger partial charge in [0.25, 0.3) is 0 Å². The number of hydrogen-bond donors (Lipinski definition) is 0. The van der Waals surface area contributed by atoms with Crippen LogP contribution in [-0.2, 0) is 6.42 Å². The molecule has 0 N–H and O–H groups in total. The molecule has 1 aromatic rings. The SMILES string of the molecule is C=CCC(C)C(C)Cc1ccccc1. The van der Waals surface area contributed by atoms with E-state index in [0.717, 1.165) is 18.3 Å². The number of benzene rings is 1. The summed E-state index contributed by atoms with van der Waals surface area (Å²) in [5, 5.41) is 0. The molecule has 0 heterocycles. The summed E-state index contributed by atoms with van der Waals surface area (Å²) in [6, 6.07) is 10.7. The summed E-state index contributed by atoms with van der Waals surface area (Å²) in [6.45, 7) is 8.41. The molecular formula is C14H20. The Balaban J connectivity index is 2.48. The fraction of sp³-hybridized carbons (Fsp3) is 0.429. The van der Waals surface area contributed by atoms with Gasteiger partial charge >= 0.3 is 0 Å². The highest BCUT2D eigenvalue weighted by atomic mass is 14.2. The summed E-state index contributed by atoms with van der Waals surface area (Å²) >= 11 is 0. The Kier molecular flexibility index (Phi) is 4.45. The zero-order valence-electron chi connectivity index (χ0n) is 9.24. The van der Waals surface area contributed by atoms with Crippen molar-refractivity contribution in [1.82, 2.24) is 0 Å². The van der Waals surface area contributed by atoms with Gasteiger partial charge in [-0.05, 0) is 30.2 Å². The van der Waals surface area contributed by atoms with Crippen LogP contribution in [0.3, 0.4) is 0 Å². The lowest BCUT2D eigenvalue weighted by atomic mass is 9.88. The molecular weight excluding hydrogens is 168 g/mol. The van der Waals surface area contributed by atoms with Crippen molar-refractivity contribution >= 4 is 0 Å². The standard InChI is InChI=1S/C14H20/c1-4-8-12(2)13(3)11-14-9-6-5-7-10-14/h4-7,9-10,12-13H,1,8,11H2,2-3H3. The minimum absolute atomic E-state index is 0.729. The van der Waals surface area contributed by atoms with Crippen molar-refractivity contribution in [3.63, 3.8) is 0 Å². The summed E-state index contributed by atoms with van der Waals surface area (Å²) in [5.74, 6) is 1.46. The second kappa shape index (κ2) is 5.64. The van der Waals surface area contributed by atoms with Gasteiger partial charge in [0, 0.05) is 0 Å². The molecule has 0 heteroatoms. The Hall–Kier alpha value is -1.04. The second-order valence-corrected chi connectivity index (χ2v) is 4.17. The van der Waals surface area contributed by atoms with Crippen molar-refractivity contribution in [2.45, 2.75) is 26.7 Å². The van der Waals surface area contributed by atoms with Crippen molar-refractivity contribution in [1.29, 1.82) is 0 Å². The largest absolute Gasteiger partial charge is 0.103 e. The predicted octanol–water partition coefficient (Wildman–Crippen LogP) is 4.08. The van der Waals surface area contributed by atoms with E-state index in [0.29, 0.717) is 0 Å². The molecule has 14 heavy (non-hydrogen) atoms. The minimum atomic E-state index is 0.729. The van der Waals surface area contributed by atoms with E-state index >= 15 is 0 Å². The third-order valence-electron chi connectivity index (χ3n) is 2.91. The lowest BCUT2D eigenvalue weighted by molar-refractivity contribution is 0.389. The van der Waals surface area contributed by atoms with Crippen molar-refractivity contribution in [2.75, 3.05) is 0 Å². The van der Waals surface area contributed by atoms with Gasteiger partial charge in [-0.15, -0.1) is 6.58 Å². The topological polar surface area (TPSA) is 0 Å². The normalized spacial score (nSPS) is 14.7. The molecule has 0 nitrogen and oxygen atoms in total. The highest BCUT2D eigenvalue weighted by molar-refractivity contribution is 5.15. The molecule has 0 saturated heterocycles. The van der Waals surface area contributed by atoms with Crippen molar-refractivity contribution in [2.24, 2.45) is 11.8 Å². The highest BCUT2D eigenvalue weighted by Crippen LogP contribution is 2.19. The molecule has 2 atom stereocenters. The van der Waals surface area contributed by atoms with Gasteiger partial charge in [0.15, 0.2) is 0 Å². The molecule has 0 radical (unpaired) electrons. The first-order valence-electron chi connectivity index (χ1n) is 5.39. The quantitative estimate of drug-likeness (QED) is 0.611. The molecule has 0 aliphatic heterocycles. The van der Waals surface area contributed by atoms with Crippen molar-refractivity contribution < 1.29 is 0 Å². The Labute approximate surface area is 87.7 Å². The third kappa shape index (κ3) is 3.37. The molecule has 0 bridgehead atoms. The lowest BCUT2D eigenvalue weighted by Crippen LogP contribution is -2.10. The molecule has 2 unspecified atom stereocenters. The van der Waals surface area contributed by atoms with Gasteiger partial charge < -0.3 is 0 Å². The monoisotopic (exact) mass is 188 g/mol. The van der Waals surface area contributed by atoms with Gasteiger partial charge in [-0.1, -0.05) is 50.3 Å². The number of rotatable bonds is 5. The van der Waals surface area contributed by atoms with E-state index < -0.39 is 0 Å². The van der Waals surface area contributed by atoms with E-state index in [1.165, 1.54) is 12.0 Å². The molecule has 0 aliphatic carbocycles. The molecule has 0 saturated carbocycles. The van der Waals surface area contributed by atoms with Gasteiger partial charge in [0.05, 0.1) is 0 Å². The Morgan fingerprint density at radius 3 is 2.36 bits per heavy atom. The van der Waals surface area contributed by atoms with E-state index in [9.17, 15) is 0 Å². The predicted molar refractivity (Wildman–Crippen MR) is 63.3 cm³/mol. The van der Waals surface area contributed by atoms with E-state index in [-0.39, 0.29) is 0 Å². The molecule has 0 spiro atoms. The van der Waals surface area contributed by atoms with Crippen LogP contribution >= 0.6 is 0 Å². The van der Waals surface area contributed by atoms with E-state index in [4.69, 9.17) is 0 Å². The van der Waals surface area contributed by atoms with Crippen LogP contribution in [0.25, 0.3) is 0 Å². The average molecular weight is 188 g/mol. The molecule has 0 fully saturated rings. The van der Waals surface area contributed by atoms with Crippen LogP contribution in [0.15, 0.2) is 43.0 Å². The molecule has 0 aliphatic rings. The van der Waals surface area contributed by atoms with Gasteiger partial charge in [-0.3, -0.25) is 0 Å². The maximum Gasteiger partial charge on any atom is -0.0250 e. The van der Waals surface area contributed by atoms with Gasteiger partial charge in [-0.2, -0.15) is 0 Å². The maximum absolute atomic E-state index is 3.79. The van der Waals surface area contributed by atoms with Crippen LogP contribution < -0.4 is 0 Å². The summed E-state index contributed by atoms with van der Waals surface area (Å²) < 4.78 is 0. The van der Waals surface area contributed by atoms with E-state index in [2.05, 4.69) is 50.8 Å². The molecule has 76 valence electrons. The zero-order valence-corrected chi connectivity index (χ0v) is 9.24. The van der Waals surface area contributed by atoms with Crippen LogP contribution in [0.2, 0.25) is 0 Å². The lowest BCUT2D eigenvalue weighted by Gasteiger charge is -2.18. The molecule has 0 amide bonds. The highest BCUT2D eigenvalue weighted by Gasteiger charge is 2.10. The summed E-state index contributed by atoms with van der Waals surface area (Å²) in [7, 11) is 0. The first-order chi connectivity index (χ1) is 6.74. The van der Waals surface area contributed by atoms with Crippen molar-refractivity contribution in [3.05, 3.63) is 48.6 Å². The summed E-state index contributed by atoms with van der Waals surface area (Å²) in [5.41, 5.74) is 1.44. The molecule has 1 aromatic carbocycles. The van der Waals surface area contributed by atoms with Crippen molar-refractivity contribution in [3.8, 4) is 0 Å². The van der Waals surface area contributed by atoms with E-state index in [1.54, 1.807) is 0 Å². The smallest absolute Gasteiger partial charge is 0.0250 e. The third-order valence-corrected chi connectivity index (χ3v) is 2.91. The number of hydrogen-bond acceptors (Lipinski definition) is 0. The fourth-order valence-corrected chi connectivity index (χ4v) is 1.68. The van der Waals surface area contributed by atoms with Crippen LogP contribution in [-0.4, -0.2) is 0 Å². The summed E-state index contributed by atoms with van der Waals surface area (Å²) in [4.78, 5) is 0. The second-order valence-electron chi connectivity index (χ2n) is 4.17. The van der Waals surface area contributed by atoms with Gasteiger partial charge in [-0.25, -0.2) is 0 Å². The van der Waals surface area contributed by atoms with Crippen LogP contribution in [0.4, 0.5) is 0 Å². The first kappa shape index (κ1) is 11.0. The van der Waals surface area contributed by atoms with Crippen LogP contribution in [0.5, 0.6) is 0 Å². The zero-order chi connectivity index (χ0) is 10.4.